The Balaban J connectivity index is 1.93. The van der Waals surface area contributed by atoms with Crippen molar-refractivity contribution in [2.24, 2.45) is 0 Å². The van der Waals surface area contributed by atoms with E-state index in [-0.39, 0.29) is 22.1 Å². The Bertz CT molecular complexity index is 1080. The summed E-state index contributed by atoms with van der Waals surface area (Å²) in [7, 11) is -6.13. The van der Waals surface area contributed by atoms with E-state index >= 15 is 0 Å². The fraction of sp³-hybridized carbons (Fsp3) is 0.294. The van der Waals surface area contributed by atoms with Crippen LogP contribution in [-0.4, -0.2) is 36.2 Å². The van der Waals surface area contributed by atoms with Crippen LogP contribution in [-0.2, 0) is 20.0 Å². The standard InChI is InChI=1S/C17H19FN2O5S2/c1-12-10-14(20-8-3-9-26(20,21)22)5-6-15(12)19-27(23,24)17-11-13(18)4-7-16(17)25-2/h4-7,10-11,19H,3,8-9H2,1-2H3. The number of methoxy groups -OCH3 is 1. The van der Waals surface area contributed by atoms with Crippen molar-refractivity contribution < 1.29 is 26.0 Å². The quantitative estimate of drug-likeness (QED) is 0.811. The Labute approximate surface area is 157 Å². The molecule has 2 aromatic carbocycles. The molecule has 1 heterocycles. The number of nitrogens with zero attached hydrogens (tertiary/aromatic N) is 1. The highest BCUT2D eigenvalue weighted by Crippen LogP contribution is 2.31. The van der Waals surface area contributed by atoms with E-state index < -0.39 is 25.9 Å². The molecule has 0 atom stereocenters. The highest BCUT2D eigenvalue weighted by Gasteiger charge is 2.29. The summed E-state index contributed by atoms with van der Waals surface area (Å²) in [5, 5.41) is 0. The molecule has 0 bridgehead atoms. The second-order valence-corrected chi connectivity index (χ2v) is 9.81. The maximum atomic E-state index is 13.5. The van der Waals surface area contributed by atoms with Gasteiger partial charge in [0, 0.05) is 6.54 Å². The Kier molecular flexibility index (Phi) is 5.04. The topological polar surface area (TPSA) is 92.8 Å². The lowest BCUT2D eigenvalue weighted by atomic mass is 10.2. The zero-order valence-electron chi connectivity index (χ0n) is 14.8. The van der Waals surface area contributed by atoms with Crippen LogP contribution in [0.3, 0.4) is 0 Å². The summed E-state index contributed by atoms with van der Waals surface area (Å²) in [5.74, 6) is -0.594. The second-order valence-electron chi connectivity index (χ2n) is 6.14. The Morgan fingerprint density at radius 1 is 1.19 bits per heavy atom. The minimum atomic E-state index is -4.10. The second kappa shape index (κ2) is 7.01. The highest BCUT2D eigenvalue weighted by atomic mass is 32.2. The third-order valence-electron chi connectivity index (χ3n) is 4.26. The van der Waals surface area contributed by atoms with Crippen molar-refractivity contribution in [1.29, 1.82) is 0 Å². The van der Waals surface area contributed by atoms with Crippen LogP contribution in [0.5, 0.6) is 5.75 Å². The van der Waals surface area contributed by atoms with Crippen molar-refractivity contribution in [1.82, 2.24) is 0 Å². The van der Waals surface area contributed by atoms with E-state index in [1.807, 2.05) is 0 Å². The zero-order chi connectivity index (χ0) is 19.8. The number of hydrogen-bond acceptors (Lipinski definition) is 5. The van der Waals surface area contributed by atoms with Gasteiger partial charge in [-0.05, 0) is 55.3 Å². The van der Waals surface area contributed by atoms with Crippen molar-refractivity contribution >= 4 is 31.4 Å². The average molecular weight is 414 g/mol. The maximum Gasteiger partial charge on any atom is 0.265 e. The molecule has 146 valence electrons. The van der Waals surface area contributed by atoms with Crippen molar-refractivity contribution in [3.05, 3.63) is 47.8 Å². The van der Waals surface area contributed by atoms with Gasteiger partial charge in [-0.1, -0.05) is 0 Å². The fourth-order valence-corrected chi connectivity index (χ4v) is 5.78. The van der Waals surface area contributed by atoms with Crippen LogP contribution in [0.4, 0.5) is 15.8 Å². The van der Waals surface area contributed by atoms with Crippen molar-refractivity contribution in [3.8, 4) is 5.75 Å². The molecule has 1 N–H and O–H groups in total. The minimum Gasteiger partial charge on any atom is -0.495 e. The lowest BCUT2D eigenvalue weighted by Crippen LogP contribution is -2.25. The van der Waals surface area contributed by atoms with Crippen molar-refractivity contribution in [2.75, 3.05) is 28.4 Å². The summed E-state index contributed by atoms with van der Waals surface area (Å²) in [6.07, 6.45) is 0.551. The number of benzene rings is 2. The predicted molar refractivity (Wildman–Crippen MR) is 101 cm³/mol. The molecule has 2 aromatic rings. The highest BCUT2D eigenvalue weighted by molar-refractivity contribution is 7.93. The fourth-order valence-electron chi connectivity index (χ4n) is 2.91. The van der Waals surface area contributed by atoms with Gasteiger partial charge in [-0.3, -0.25) is 9.03 Å². The number of hydrogen-bond donors (Lipinski definition) is 1. The minimum absolute atomic E-state index is 0.0151. The number of aryl methyl sites for hydroxylation is 1. The monoisotopic (exact) mass is 414 g/mol. The van der Waals surface area contributed by atoms with E-state index in [2.05, 4.69) is 4.72 Å². The Morgan fingerprint density at radius 3 is 2.52 bits per heavy atom. The van der Waals surface area contributed by atoms with Gasteiger partial charge in [0.2, 0.25) is 10.0 Å². The molecule has 0 aromatic heterocycles. The zero-order valence-corrected chi connectivity index (χ0v) is 16.4. The molecule has 1 fully saturated rings. The first-order valence-electron chi connectivity index (χ1n) is 8.11. The van der Waals surface area contributed by atoms with Crippen LogP contribution in [0.2, 0.25) is 0 Å². The van der Waals surface area contributed by atoms with Crippen molar-refractivity contribution in [3.63, 3.8) is 0 Å². The number of ether oxygens (including phenoxy) is 1. The number of nitrogens with one attached hydrogen (secondary N) is 1. The summed E-state index contributed by atoms with van der Waals surface area (Å²) >= 11 is 0. The van der Waals surface area contributed by atoms with Gasteiger partial charge in [-0.25, -0.2) is 21.2 Å². The van der Waals surface area contributed by atoms with Crippen LogP contribution in [0.1, 0.15) is 12.0 Å². The normalized spacial score (nSPS) is 16.3. The SMILES string of the molecule is COc1ccc(F)cc1S(=O)(=O)Nc1ccc(N2CCCS2(=O)=O)cc1C. The first-order valence-corrected chi connectivity index (χ1v) is 11.2. The van der Waals surface area contributed by atoms with Gasteiger partial charge in [0.25, 0.3) is 10.0 Å². The molecular formula is C17H19FN2O5S2. The predicted octanol–water partition coefficient (Wildman–Crippen LogP) is 2.48. The Morgan fingerprint density at radius 2 is 1.93 bits per heavy atom. The molecule has 10 heteroatoms. The molecule has 0 radical (unpaired) electrons. The summed E-state index contributed by atoms with van der Waals surface area (Å²) in [5.41, 5.74) is 1.28. The van der Waals surface area contributed by atoms with Crippen LogP contribution in [0.15, 0.2) is 41.3 Å². The van der Waals surface area contributed by atoms with Gasteiger partial charge in [0.1, 0.15) is 16.5 Å². The third-order valence-corrected chi connectivity index (χ3v) is 7.51. The molecule has 1 saturated heterocycles. The molecule has 0 unspecified atom stereocenters. The summed E-state index contributed by atoms with van der Waals surface area (Å²) in [6, 6.07) is 7.84. The van der Waals surface area contributed by atoms with Gasteiger partial charge < -0.3 is 4.74 Å². The number of halogens is 1. The summed E-state index contributed by atoms with van der Waals surface area (Å²) < 4.78 is 71.7. The number of sulfonamides is 2. The molecule has 0 aliphatic carbocycles. The number of rotatable bonds is 5. The van der Waals surface area contributed by atoms with Crippen LogP contribution in [0, 0.1) is 12.7 Å². The smallest absolute Gasteiger partial charge is 0.265 e. The van der Waals surface area contributed by atoms with Crippen molar-refractivity contribution in [2.45, 2.75) is 18.2 Å². The van der Waals surface area contributed by atoms with Crippen LogP contribution >= 0.6 is 0 Å². The number of anilines is 2. The van der Waals surface area contributed by atoms with E-state index in [1.165, 1.54) is 29.6 Å². The van der Waals surface area contributed by atoms with Gasteiger partial charge in [-0.2, -0.15) is 0 Å². The maximum absolute atomic E-state index is 13.5. The summed E-state index contributed by atoms with van der Waals surface area (Å²) in [6.45, 7) is 2.06. The van der Waals surface area contributed by atoms with E-state index in [0.29, 0.717) is 24.2 Å². The molecular weight excluding hydrogens is 395 g/mol. The largest absolute Gasteiger partial charge is 0.495 e. The third kappa shape index (κ3) is 3.86. The van der Waals surface area contributed by atoms with Gasteiger partial charge in [0.05, 0.1) is 24.2 Å². The molecule has 0 saturated carbocycles. The molecule has 1 aliphatic heterocycles. The molecule has 0 amide bonds. The first kappa shape index (κ1) is 19.4. The van der Waals surface area contributed by atoms with Crippen LogP contribution < -0.4 is 13.8 Å². The average Bonchev–Trinajstić information content (AvgIpc) is 2.96. The Hall–Kier alpha value is -2.33. The van der Waals surface area contributed by atoms with Gasteiger partial charge in [0.15, 0.2) is 0 Å². The lowest BCUT2D eigenvalue weighted by molar-refractivity contribution is 0.401. The van der Waals surface area contributed by atoms with E-state index in [4.69, 9.17) is 4.74 Å². The molecule has 1 aliphatic rings. The summed E-state index contributed by atoms with van der Waals surface area (Å²) in [4.78, 5) is -0.324. The van der Waals surface area contributed by atoms with E-state index in [9.17, 15) is 21.2 Å². The van der Waals surface area contributed by atoms with Gasteiger partial charge >= 0.3 is 0 Å². The van der Waals surface area contributed by atoms with Gasteiger partial charge in [-0.15, -0.1) is 0 Å². The van der Waals surface area contributed by atoms with E-state index in [1.54, 1.807) is 13.0 Å². The molecule has 7 nitrogen and oxygen atoms in total. The molecule has 27 heavy (non-hydrogen) atoms. The molecule has 3 rings (SSSR count). The van der Waals surface area contributed by atoms with Crippen LogP contribution in [0.25, 0.3) is 0 Å². The molecule has 0 spiro atoms. The van der Waals surface area contributed by atoms with E-state index in [0.717, 1.165) is 12.1 Å². The lowest BCUT2D eigenvalue weighted by Gasteiger charge is -2.19. The first-order chi connectivity index (χ1) is 12.6.